The predicted molar refractivity (Wildman–Crippen MR) is 203 cm³/mol. The minimum absolute atomic E-state index is 0.0516. The lowest BCUT2D eigenvalue weighted by Crippen LogP contribution is -2.62. The minimum Gasteiger partial charge on any atom is -0.497 e. The normalized spacial score (nSPS) is 26.6. The molecule has 2 aromatic carbocycles. The second-order valence-corrected chi connectivity index (χ2v) is 15.1. The number of rotatable bonds is 7. The monoisotopic (exact) mass is 773 g/mol. The average Bonchev–Trinajstić information content (AvgIpc) is 3.86. The average molecular weight is 774 g/mol. The fourth-order valence-corrected chi connectivity index (χ4v) is 8.05. The molecule has 300 valence electrons. The first-order chi connectivity index (χ1) is 26.9. The molecule has 0 radical (unpaired) electrons. The molecule has 4 heterocycles. The van der Waals surface area contributed by atoms with Gasteiger partial charge in [0.05, 0.1) is 7.11 Å². The molecule has 0 spiro atoms. The van der Waals surface area contributed by atoms with Gasteiger partial charge in [-0.15, -0.1) is 0 Å². The summed E-state index contributed by atoms with van der Waals surface area (Å²) in [5.41, 5.74) is 1.18. The Kier molecular flexibility index (Phi) is 12.8. The Balaban J connectivity index is 1.29. The maximum absolute atomic E-state index is 14.5. The van der Waals surface area contributed by atoms with Crippen LogP contribution >= 0.6 is 0 Å². The van der Waals surface area contributed by atoms with Crippen LogP contribution in [0.3, 0.4) is 0 Å². The third-order valence-corrected chi connectivity index (χ3v) is 11.0. The van der Waals surface area contributed by atoms with Crippen LogP contribution in [0.2, 0.25) is 0 Å². The molecular formula is C40H51N7O9. The van der Waals surface area contributed by atoms with Crippen LogP contribution in [-0.4, -0.2) is 126 Å². The van der Waals surface area contributed by atoms with Gasteiger partial charge in [-0.25, -0.2) is 9.59 Å². The molecule has 4 N–H and O–H groups in total. The summed E-state index contributed by atoms with van der Waals surface area (Å²) in [6.45, 7) is 3.65. The number of carbonyl (C=O) groups excluding carboxylic acids is 7. The smallest absolute Gasteiger partial charge is 0.328 e. The first-order valence-electron chi connectivity index (χ1n) is 19.4. The van der Waals surface area contributed by atoms with Crippen molar-refractivity contribution in [2.45, 2.75) is 95.0 Å². The highest BCUT2D eigenvalue weighted by Gasteiger charge is 2.46. The zero-order chi connectivity index (χ0) is 39.9. The van der Waals surface area contributed by atoms with Crippen molar-refractivity contribution in [1.29, 1.82) is 0 Å². The molecule has 4 aliphatic heterocycles. The molecule has 2 aromatic rings. The van der Waals surface area contributed by atoms with Crippen LogP contribution in [0.4, 0.5) is 10.5 Å². The maximum Gasteiger partial charge on any atom is 0.328 e. The van der Waals surface area contributed by atoms with Crippen molar-refractivity contribution in [1.82, 2.24) is 30.7 Å². The van der Waals surface area contributed by atoms with Gasteiger partial charge in [-0.3, -0.25) is 24.0 Å². The van der Waals surface area contributed by atoms with E-state index in [0.29, 0.717) is 56.5 Å². The SMILES string of the molecule is COc1ccc(NC(=O)N[C@@H](Cc2ccccc2)C(=O)N[C@H]2COC(=O)C3C[C@@H](C)CN3C(=O)[C@H](C)NC(=O)[C@@H]3CCCCN3C(=O)[C@@H]3CCCN3C2=O)cc1. The molecule has 4 fully saturated rings. The van der Waals surface area contributed by atoms with Gasteiger partial charge in [0.2, 0.25) is 29.5 Å². The summed E-state index contributed by atoms with van der Waals surface area (Å²) in [4.78, 5) is 102. The van der Waals surface area contributed by atoms with Gasteiger partial charge in [0.25, 0.3) is 0 Å². The van der Waals surface area contributed by atoms with E-state index in [2.05, 4.69) is 21.3 Å². The van der Waals surface area contributed by atoms with Gasteiger partial charge in [-0.1, -0.05) is 37.3 Å². The molecule has 4 aliphatic rings. The van der Waals surface area contributed by atoms with Gasteiger partial charge >= 0.3 is 12.0 Å². The maximum atomic E-state index is 14.5. The van der Waals surface area contributed by atoms with Crippen LogP contribution in [0, 0.1) is 5.92 Å². The van der Waals surface area contributed by atoms with Gasteiger partial charge in [-0.2, -0.15) is 0 Å². The topological polar surface area (TPSA) is 196 Å². The Morgan fingerprint density at radius 3 is 2.27 bits per heavy atom. The highest BCUT2D eigenvalue weighted by molar-refractivity contribution is 5.98. The predicted octanol–water partition coefficient (Wildman–Crippen LogP) is 1.58. The van der Waals surface area contributed by atoms with Gasteiger partial charge < -0.3 is 45.4 Å². The van der Waals surface area contributed by atoms with Crippen molar-refractivity contribution in [3.63, 3.8) is 0 Å². The molecule has 16 nitrogen and oxygen atoms in total. The molecule has 4 saturated heterocycles. The summed E-state index contributed by atoms with van der Waals surface area (Å²) < 4.78 is 10.9. The van der Waals surface area contributed by atoms with Crippen molar-refractivity contribution in [2.75, 3.05) is 38.7 Å². The molecule has 7 amide bonds. The van der Waals surface area contributed by atoms with Crippen LogP contribution in [0.15, 0.2) is 54.6 Å². The first-order valence-corrected chi connectivity index (χ1v) is 19.4. The fourth-order valence-electron chi connectivity index (χ4n) is 8.05. The zero-order valence-corrected chi connectivity index (χ0v) is 32.0. The van der Waals surface area contributed by atoms with E-state index in [1.54, 1.807) is 55.5 Å². The van der Waals surface area contributed by atoms with Crippen LogP contribution in [-0.2, 0) is 39.9 Å². The molecule has 1 unspecified atom stereocenters. The van der Waals surface area contributed by atoms with Crippen LogP contribution in [0.25, 0.3) is 0 Å². The van der Waals surface area contributed by atoms with E-state index < -0.39 is 84.4 Å². The highest BCUT2D eigenvalue weighted by atomic mass is 16.5. The Bertz CT molecular complexity index is 1790. The molecule has 7 atom stereocenters. The van der Waals surface area contributed by atoms with Gasteiger partial charge in [0.15, 0.2) is 0 Å². The second kappa shape index (κ2) is 17.9. The second-order valence-electron chi connectivity index (χ2n) is 15.1. The highest BCUT2D eigenvalue weighted by Crippen LogP contribution is 2.28. The van der Waals surface area contributed by atoms with E-state index in [1.165, 1.54) is 21.8 Å². The lowest BCUT2D eigenvalue weighted by molar-refractivity contribution is -0.158. The molecule has 0 aliphatic carbocycles. The Hall–Kier alpha value is -5.67. The zero-order valence-electron chi connectivity index (χ0n) is 32.0. The number of methoxy groups -OCH3 is 1. The number of benzene rings is 2. The number of hydrogen-bond acceptors (Lipinski definition) is 9. The van der Waals surface area contributed by atoms with Crippen molar-refractivity contribution in [3.8, 4) is 5.75 Å². The molecule has 0 aromatic heterocycles. The van der Waals surface area contributed by atoms with E-state index >= 15 is 0 Å². The summed E-state index contributed by atoms with van der Waals surface area (Å²) in [6.07, 6.45) is 2.98. The molecular weight excluding hydrogens is 722 g/mol. The largest absolute Gasteiger partial charge is 0.497 e. The van der Waals surface area contributed by atoms with Gasteiger partial charge in [-0.05, 0) is 81.2 Å². The molecule has 0 bridgehead atoms. The fraction of sp³-hybridized carbons (Fsp3) is 0.525. The summed E-state index contributed by atoms with van der Waals surface area (Å²) in [6, 6.07) is 8.64. The summed E-state index contributed by atoms with van der Waals surface area (Å²) in [5, 5.41) is 10.9. The number of hydrogen-bond donors (Lipinski definition) is 4. The summed E-state index contributed by atoms with van der Waals surface area (Å²) in [7, 11) is 1.53. The quantitative estimate of drug-likeness (QED) is 0.302. The van der Waals surface area contributed by atoms with E-state index in [0.717, 1.165) is 5.56 Å². The number of nitrogens with one attached hydrogen (secondary N) is 4. The number of urea groups is 1. The summed E-state index contributed by atoms with van der Waals surface area (Å²) >= 11 is 0. The third-order valence-electron chi connectivity index (χ3n) is 11.0. The number of carbonyl (C=O) groups is 7. The standard InChI is InChI=1S/C40H51N7O9/c1-24-20-33-39(53)56-23-30(43-34(48)29(21-26-10-5-4-6-11-26)44-40(54)42-27-14-16-28(55-3)17-15-27)37(51)46-19-9-13-32(46)38(52)45-18-8-7-12-31(45)35(49)41-25(2)36(50)47(33)22-24/h4-6,10-11,14-17,24-25,29-33H,7-9,12-13,18-23H2,1-3H3,(H,41,49)(H,43,48)(H2,42,44,54)/t24-,25+,29+,30+,31+,32+,33?/m1/s1. The molecule has 56 heavy (non-hydrogen) atoms. The number of esters is 1. The Labute approximate surface area is 326 Å². The van der Waals surface area contributed by atoms with Crippen LogP contribution in [0.1, 0.15) is 57.9 Å². The third kappa shape index (κ3) is 9.23. The lowest BCUT2D eigenvalue weighted by Gasteiger charge is -2.39. The number of piperidine rings is 1. The Morgan fingerprint density at radius 2 is 1.54 bits per heavy atom. The number of fused-ring (bicyclic) bond motifs is 3. The molecule has 0 saturated carbocycles. The molecule has 16 heteroatoms. The van der Waals surface area contributed by atoms with E-state index in [9.17, 15) is 33.6 Å². The molecule has 6 rings (SSSR count). The summed E-state index contributed by atoms with van der Waals surface area (Å²) in [5.74, 6) is -2.91. The van der Waals surface area contributed by atoms with Crippen molar-refractivity contribution in [3.05, 3.63) is 60.2 Å². The van der Waals surface area contributed by atoms with Crippen LogP contribution in [0.5, 0.6) is 5.75 Å². The van der Waals surface area contributed by atoms with E-state index in [1.807, 2.05) is 13.0 Å². The van der Waals surface area contributed by atoms with E-state index in [4.69, 9.17) is 9.47 Å². The van der Waals surface area contributed by atoms with Gasteiger partial charge in [0.1, 0.15) is 48.6 Å². The van der Waals surface area contributed by atoms with Crippen molar-refractivity contribution < 1.29 is 43.0 Å². The lowest BCUT2D eigenvalue weighted by atomic mass is 9.99. The Morgan fingerprint density at radius 1 is 0.839 bits per heavy atom. The van der Waals surface area contributed by atoms with Crippen molar-refractivity contribution in [2.24, 2.45) is 5.92 Å². The first kappa shape index (κ1) is 40.0. The number of ether oxygens (including phenoxy) is 2. The minimum atomic E-state index is -1.44. The number of nitrogens with zero attached hydrogens (tertiary/aromatic N) is 3. The number of amides is 7. The van der Waals surface area contributed by atoms with Crippen molar-refractivity contribution >= 4 is 47.2 Å². The van der Waals surface area contributed by atoms with Gasteiger partial charge in [0, 0.05) is 31.7 Å². The van der Waals surface area contributed by atoms with E-state index in [-0.39, 0.29) is 25.4 Å². The van der Waals surface area contributed by atoms with Crippen LogP contribution < -0.4 is 26.0 Å². The number of cyclic esters (lactones) is 1. The number of anilines is 1.